The number of nitrogens with two attached hydrogens (primary N) is 1. The van der Waals surface area contributed by atoms with E-state index in [1.807, 2.05) is 18.2 Å². The summed E-state index contributed by atoms with van der Waals surface area (Å²) >= 11 is 7.62. The number of benzene rings is 1. The van der Waals surface area contributed by atoms with Gasteiger partial charge in [0.2, 0.25) is 0 Å². The maximum absolute atomic E-state index is 6.06. The second-order valence-electron chi connectivity index (χ2n) is 4.65. The van der Waals surface area contributed by atoms with Crippen molar-refractivity contribution in [1.82, 2.24) is 4.90 Å². The van der Waals surface area contributed by atoms with E-state index in [9.17, 15) is 0 Å². The van der Waals surface area contributed by atoms with E-state index in [0.717, 1.165) is 36.1 Å². The van der Waals surface area contributed by atoms with Crippen LogP contribution >= 0.6 is 22.9 Å². The van der Waals surface area contributed by atoms with E-state index < -0.39 is 0 Å². The Morgan fingerprint density at radius 2 is 2.17 bits per heavy atom. The Balaban J connectivity index is 1.76. The number of hydrogen-bond acceptors (Lipinski definition) is 3. The number of hydrogen-bond donors (Lipinski definition) is 1. The van der Waals surface area contributed by atoms with Gasteiger partial charge in [-0.15, -0.1) is 11.3 Å². The molecule has 0 unspecified atom stereocenters. The van der Waals surface area contributed by atoms with Gasteiger partial charge in [-0.1, -0.05) is 23.7 Å². The topological polar surface area (TPSA) is 29.3 Å². The maximum atomic E-state index is 6.06. The van der Waals surface area contributed by atoms with Crippen molar-refractivity contribution in [3.05, 3.63) is 50.7 Å². The first-order valence-electron chi connectivity index (χ1n) is 6.05. The van der Waals surface area contributed by atoms with Crippen molar-refractivity contribution < 1.29 is 0 Å². The van der Waals surface area contributed by atoms with Crippen molar-refractivity contribution in [3.63, 3.8) is 0 Å². The number of halogens is 1. The van der Waals surface area contributed by atoms with E-state index >= 15 is 0 Å². The second-order valence-corrected chi connectivity index (χ2v) is 6.45. The third-order valence-corrected chi connectivity index (χ3v) is 4.61. The Morgan fingerprint density at radius 3 is 2.94 bits per heavy atom. The highest BCUT2D eigenvalue weighted by Gasteiger charge is 2.18. The summed E-state index contributed by atoms with van der Waals surface area (Å²) in [5, 5.41) is 0. The highest BCUT2D eigenvalue weighted by Crippen LogP contribution is 2.27. The van der Waals surface area contributed by atoms with Gasteiger partial charge in [-0.05, 0) is 35.7 Å². The van der Waals surface area contributed by atoms with Crippen molar-refractivity contribution in [2.24, 2.45) is 0 Å². The zero-order valence-electron chi connectivity index (χ0n) is 10.0. The van der Waals surface area contributed by atoms with Crippen molar-refractivity contribution in [1.29, 1.82) is 0 Å². The maximum Gasteiger partial charge on any atom is 0.0931 e. The van der Waals surface area contributed by atoms with Gasteiger partial charge in [0.25, 0.3) is 0 Å². The molecule has 0 bridgehead atoms. The van der Waals surface area contributed by atoms with E-state index in [0.29, 0.717) is 0 Å². The van der Waals surface area contributed by atoms with Crippen LogP contribution in [-0.4, -0.2) is 11.4 Å². The number of thiophene rings is 1. The molecule has 2 heterocycles. The molecule has 0 spiro atoms. The number of fused-ring (bicyclic) bond motifs is 1. The summed E-state index contributed by atoms with van der Waals surface area (Å²) in [6, 6.07) is 10.3. The fourth-order valence-corrected chi connectivity index (χ4v) is 3.58. The number of anilines is 1. The van der Waals surface area contributed by atoms with Crippen molar-refractivity contribution in [2.45, 2.75) is 19.5 Å². The SMILES string of the molecule is Nc1cccc2c1CN(Cc1ccc(Cl)s1)CC2. The van der Waals surface area contributed by atoms with Crippen LogP contribution in [-0.2, 0) is 19.5 Å². The minimum absolute atomic E-state index is 0.863. The average molecular weight is 279 g/mol. The molecule has 0 saturated carbocycles. The quantitative estimate of drug-likeness (QED) is 0.852. The summed E-state index contributed by atoms with van der Waals surface area (Å²) in [5.41, 5.74) is 9.67. The number of rotatable bonds is 2. The molecule has 0 saturated heterocycles. The molecule has 0 fully saturated rings. The van der Waals surface area contributed by atoms with Crippen LogP contribution < -0.4 is 5.73 Å². The fourth-order valence-electron chi connectivity index (χ4n) is 2.45. The molecule has 0 radical (unpaired) electrons. The van der Waals surface area contributed by atoms with Crippen LogP contribution in [0.5, 0.6) is 0 Å². The van der Waals surface area contributed by atoms with Gasteiger partial charge < -0.3 is 5.73 Å². The Bertz CT molecular complexity index is 565. The molecule has 0 atom stereocenters. The van der Waals surface area contributed by atoms with Crippen molar-refractivity contribution in [3.8, 4) is 0 Å². The summed E-state index contributed by atoms with van der Waals surface area (Å²) in [5.74, 6) is 0. The van der Waals surface area contributed by atoms with Gasteiger partial charge in [0.1, 0.15) is 0 Å². The summed E-state index contributed by atoms with van der Waals surface area (Å²) in [4.78, 5) is 3.75. The van der Waals surface area contributed by atoms with Crippen LogP contribution in [0.1, 0.15) is 16.0 Å². The number of nitrogens with zero attached hydrogens (tertiary/aromatic N) is 1. The lowest BCUT2D eigenvalue weighted by Crippen LogP contribution is -2.30. The molecule has 1 aliphatic heterocycles. The third-order valence-electron chi connectivity index (χ3n) is 3.40. The van der Waals surface area contributed by atoms with Gasteiger partial charge in [0.15, 0.2) is 0 Å². The van der Waals surface area contributed by atoms with E-state index in [1.54, 1.807) is 11.3 Å². The Labute approximate surface area is 116 Å². The Hall–Kier alpha value is -1.03. The average Bonchev–Trinajstić information content (AvgIpc) is 2.76. The predicted octanol–water partition coefficient (Wildman–Crippen LogP) is 3.54. The molecular formula is C14H15ClN2S. The first kappa shape index (κ1) is 12.0. The lowest BCUT2D eigenvalue weighted by atomic mass is 9.98. The molecular weight excluding hydrogens is 264 g/mol. The van der Waals surface area contributed by atoms with Gasteiger partial charge >= 0.3 is 0 Å². The van der Waals surface area contributed by atoms with E-state index in [-0.39, 0.29) is 0 Å². The molecule has 0 aliphatic carbocycles. The molecule has 4 heteroatoms. The smallest absolute Gasteiger partial charge is 0.0931 e. The Morgan fingerprint density at radius 1 is 1.28 bits per heavy atom. The monoisotopic (exact) mass is 278 g/mol. The van der Waals surface area contributed by atoms with Gasteiger partial charge in [-0.25, -0.2) is 0 Å². The highest BCUT2D eigenvalue weighted by atomic mass is 35.5. The summed E-state index contributed by atoms with van der Waals surface area (Å²) in [7, 11) is 0. The van der Waals surface area contributed by atoms with E-state index in [4.69, 9.17) is 17.3 Å². The third kappa shape index (κ3) is 2.39. The van der Waals surface area contributed by atoms with Gasteiger partial charge in [0.05, 0.1) is 4.34 Å². The summed E-state index contributed by atoms with van der Waals surface area (Å²) in [6.45, 7) is 2.99. The van der Waals surface area contributed by atoms with E-state index in [1.165, 1.54) is 16.0 Å². The highest BCUT2D eigenvalue weighted by molar-refractivity contribution is 7.16. The molecule has 0 amide bonds. The normalized spacial score (nSPS) is 15.6. The number of nitrogen functional groups attached to an aromatic ring is 1. The summed E-state index contributed by atoms with van der Waals surface area (Å²) < 4.78 is 0.863. The summed E-state index contributed by atoms with van der Waals surface area (Å²) in [6.07, 6.45) is 1.08. The van der Waals surface area contributed by atoms with Gasteiger partial charge in [-0.3, -0.25) is 4.90 Å². The molecule has 2 nitrogen and oxygen atoms in total. The lowest BCUT2D eigenvalue weighted by molar-refractivity contribution is 0.248. The van der Waals surface area contributed by atoms with Crippen LogP contribution in [0.15, 0.2) is 30.3 Å². The molecule has 3 rings (SSSR count). The first-order chi connectivity index (χ1) is 8.72. The van der Waals surface area contributed by atoms with Crippen LogP contribution in [0.3, 0.4) is 0 Å². The largest absolute Gasteiger partial charge is 0.398 e. The van der Waals surface area contributed by atoms with Crippen LogP contribution in [0.25, 0.3) is 0 Å². The zero-order valence-corrected chi connectivity index (χ0v) is 11.6. The van der Waals surface area contributed by atoms with Crippen LogP contribution in [0, 0.1) is 0 Å². The van der Waals surface area contributed by atoms with Gasteiger partial charge in [0, 0.05) is 30.2 Å². The van der Waals surface area contributed by atoms with Gasteiger partial charge in [-0.2, -0.15) is 0 Å². The standard InChI is InChI=1S/C14H15ClN2S/c15-14-5-4-11(18-14)8-17-7-6-10-2-1-3-13(16)12(10)9-17/h1-5H,6-9,16H2. The minimum Gasteiger partial charge on any atom is -0.398 e. The van der Waals surface area contributed by atoms with Crippen LogP contribution in [0.4, 0.5) is 5.69 Å². The molecule has 2 N–H and O–H groups in total. The fraction of sp³-hybridized carbons (Fsp3) is 0.286. The minimum atomic E-state index is 0.863. The molecule has 1 aliphatic rings. The molecule has 1 aromatic heterocycles. The Kier molecular flexibility index (Phi) is 3.29. The molecule has 1 aromatic carbocycles. The zero-order chi connectivity index (χ0) is 12.5. The predicted molar refractivity (Wildman–Crippen MR) is 78.0 cm³/mol. The molecule has 94 valence electrons. The van der Waals surface area contributed by atoms with Crippen molar-refractivity contribution >= 4 is 28.6 Å². The molecule has 2 aromatic rings. The molecule has 18 heavy (non-hydrogen) atoms. The lowest BCUT2D eigenvalue weighted by Gasteiger charge is -2.29. The first-order valence-corrected chi connectivity index (χ1v) is 7.24. The van der Waals surface area contributed by atoms with E-state index in [2.05, 4.69) is 17.0 Å². The second kappa shape index (κ2) is 4.92. The van der Waals surface area contributed by atoms with Crippen LogP contribution in [0.2, 0.25) is 4.34 Å². The van der Waals surface area contributed by atoms with Crippen molar-refractivity contribution in [2.75, 3.05) is 12.3 Å².